The van der Waals surface area contributed by atoms with E-state index in [9.17, 15) is 19.2 Å². The minimum absolute atomic E-state index is 0.379. The van der Waals surface area contributed by atoms with Gasteiger partial charge < -0.3 is 25.4 Å². The van der Waals surface area contributed by atoms with Gasteiger partial charge in [0, 0.05) is 4.75 Å². The summed E-state index contributed by atoms with van der Waals surface area (Å²) < 4.78 is 9.47. The Morgan fingerprint density at radius 1 is 1.19 bits per heavy atom. The number of nitrogens with zero attached hydrogens (tertiary/aromatic N) is 1. The fourth-order valence-electron chi connectivity index (χ4n) is 3.62. The van der Waals surface area contributed by atoms with Crippen molar-refractivity contribution in [2.24, 2.45) is 11.1 Å². The molecule has 0 spiro atoms. The Kier molecular flexibility index (Phi) is 6.57. The second kappa shape index (κ2) is 8.74. The van der Waals surface area contributed by atoms with Gasteiger partial charge in [-0.2, -0.15) is 0 Å². The molecule has 9 nitrogen and oxygen atoms in total. The van der Waals surface area contributed by atoms with Gasteiger partial charge in [-0.05, 0) is 40.2 Å². The highest BCUT2D eigenvalue weighted by Crippen LogP contribution is 2.51. The lowest BCUT2D eigenvalue weighted by Crippen LogP contribution is -2.71. The van der Waals surface area contributed by atoms with E-state index in [1.54, 1.807) is 45.0 Å². The topological polar surface area (TPSA) is 128 Å². The summed E-state index contributed by atoms with van der Waals surface area (Å²) in [6.07, 6.45) is 0. The molecule has 0 bridgehead atoms. The third-order valence-electron chi connectivity index (χ3n) is 5.41. The minimum Gasteiger partial charge on any atom is -0.427 e. The summed E-state index contributed by atoms with van der Waals surface area (Å²) in [5.41, 5.74) is 5.94. The predicted molar refractivity (Wildman–Crippen MR) is 118 cm³/mol. The molecule has 2 amide bonds. The van der Waals surface area contributed by atoms with Crippen LogP contribution in [0.15, 0.2) is 30.3 Å². The first-order valence-corrected chi connectivity index (χ1v) is 11.2. The van der Waals surface area contributed by atoms with Gasteiger partial charge in [0.05, 0.1) is 5.41 Å². The lowest BCUT2D eigenvalue weighted by Gasteiger charge is -2.44. The van der Waals surface area contributed by atoms with Gasteiger partial charge in [0.2, 0.25) is 18.6 Å². The van der Waals surface area contributed by atoms with Crippen molar-refractivity contribution < 1.29 is 28.7 Å². The summed E-state index contributed by atoms with van der Waals surface area (Å²) in [6, 6.07) is 6.31. The van der Waals surface area contributed by atoms with E-state index in [4.69, 9.17) is 15.2 Å². The quantitative estimate of drug-likeness (QED) is 0.367. The van der Waals surface area contributed by atoms with Crippen LogP contribution < -0.4 is 11.1 Å². The number of nitrogens with two attached hydrogens (primary N) is 1. The van der Waals surface area contributed by atoms with Crippen molar-refractivity contribution in [3.63, 3.8) is 0 Å². The summed E-state index contributed by atoms with van der Waals surface area (Å²) in [4.78, 5) is 51.4. The first-order valence-electron chi connectivity index (χ1n) is 10.3. The number of nitrogens with one attached hydrogen (secondary N) is 1. The standard InChI is InChI=1S/C22H29N3O6S/c1-21(2,3)20(29)31-11-30-19(28)15-22(4,5)32-18-14(17(27)25(15)18)24-16(26)13(23)12-9-7-6-8-10-12/h6-10,13-15,18H,11,23H2,1-5H3,(H,24,26)/t13-,14+,15+,18-/m1/s1. The molecule has 3 N–H and O–H groups in total. The van der Waals surface area contributed by atoms with Gasteiger partial charge in [-0.3, -0.25) is 14.4 Å². The molecule has 1 aromatic carbocycles. The van der Waals surface area contributed by atoms with Crippen LogP contribution in [0.4, 0.5) is 0 Å². The Morgan fingerprint density at radius 3 is 2.41 bits per heavy atom. The number of esters is 2. The van der Waals surface area contributed by atoms with Crippen LogP contribution in [0.5, 0.6) is 0 Å². The highest BCUT2D eigenvalue weighted by molar-refractivity contribution is 8.01. The van der Waals surface area contributed by atoms with E-state index in [1.165, 1.54) is 16.7 Å². The van der Waals surface area contributed by atoms with Crippen molar-refractivity contribution in [1.82, 2.24) is 10.2 Å². The summed E-state index contributed by atoms with van der Waals surface area (Å²) in [5, 5.41) is 2.29. The van der Waals surface area contributed by atoms with E-state index in [0.29, 0.717) is 5.56 Å². The SMILES string of the molecule is CC(C)(C)C(=O)OCOC(=O)[C@@H]1N2C(=O)[C@H](NC(=O)[C@H](N)c3ccccc3)[C@H]2SC1(C)C. The fraction of sp³-hybridized carbons (Fsp3) is 0.545. The number of thioether (sulfide) groups is 1. The predicted octanol–water partition coefficient (Wildman–Crippen LogP) is 1.32. The van der Waals surface area contributed by atoms with Crippen molar-refractivity contribution >= 4 is 35.5 Å². The van der Waals surface area contributed by atoms with Gasteiger partial charge in [0.15, 0.2) is 0 Å². The number of benzene rings is 1. The van der Waals surface area contributed by atoms with Crippen LogP contribution in [0.1, 0.15) is 46.2 Å². The van der Waals surface area contributed by atoms with E-state index in [0.717, 1.165) is 0 Å². The lowest BCUT2D eigenvalue weighted by molar-refractivity contribution is -0.180. The first kappa shape index (κ1) is 24.1. The highest BCUT2D eigenvalue weighted by atomic mass is 32.2. The molecule has 0 aromatic heterocycles. The molecule has 174 valence electrons. The number of fused-ring (bicyclic) bond motifs is 1. The molecular formula is C22H29N3O6S. The molecule has 4 atom stereocenters. The fourth-order valence-corrected chi connectivity index (χ4v) is 5.24. The van der Waals surface area contributed by atoms with Crippen molar-refractivity contribution in [2.75, 3.05) is 6.79 Å². The van der Waals surface area contributed by atoms with Gasteiger partial charge in [0.1, 0.15) is 23.5 Å². The van der Waals surface area contributed by atoms with Crippen LogP contribution in [0.25, 0.3) is 0 Å². The smallest absolute Gasteiger partial charge is 0.333 e. The Hall–Kier alpha value is -2.59. The van der Waals surface area contributed by atoms with Gasteiger partial charge in [0.25, 0.3) is 0 Å². The zero-order valence-electron chi connectivity index (χ0n) is 18.8. The van der Waals surface area contributed by atoms with Crippen LogP contribution in [0.2, 0.25) is 0 Å². The molecule has 2 saturated heterocycles. The number of ether oxygens (including phenoxy) is 2. The molecule has 2 fully saturated rings. The van der Waals surface area contributed by atoms with Crippen LogP contribution in [-0.2, 0) is 28.7 Å². The van der Waals surface area contributed by atoms with Crippen LogP contribution in [0.3, 0.4) is 0 Å². The number of hydrogen-bond donors (Lipinski definition) is 2. The largest absolute Gasteiger partial charge is 0.427 e. The summed E-state index contributed by atoms with van der Waals surface area (Å²) in [7, 11) is 0. The average Bonchev–Trinajstić information content (AvgIpc) is 2.98. The van der Waals surface area contributed by atoms with Gasteiger partial charge in [-0.25, -0.2) is 4.79 Å². The van der Waals surface area contributed by atoms with E-state index in [1.807, 2.05) is 19.9 Å². The van der Waals surface area contributed by atoms with Crippen molar-refractivity contribution in [3.8, 4) is 0 Å². The number of carbonyl (C=O) groups excluding carboxylic acids is 4. The van der Waals surface area contributed by atoms with E-state index in [2.05, 4.69) is 5.32 Å². The van der Waals surface area contributed by atoms with Crippen molar-refractivity contribution in [3.05, 3.63) is 35.9 Å². The number of carbonyl (C=O) groups is 4. The Morgan fingerprint density at radius 2 is 1.81 bits per heavy atom. The van der Waals surface area contributed by atoms with Crippen molar-refractivity contribution in [1.29, 1.82) is 0 Å². The molecular weight excluding hydrogens is 434 g/mol. The second-order valence-electron chi connectivity index (χ2n) is 9.40. The number of β-lactam (4-membered cyclic amide) rings is 1. The van der Waals surface area contributed by atoms with Crippen LogP contribution in [-0.4, -0.2) is 57.7 Å². The zero-order valence-corrected chi connectivity index (χ0v) is 19.6. The maximum absolute atomic E-state index is 12.8. The maximum atomic E-state index is 12.8. The number of rotatable bonds is 6. The van der Waals surface area contributed by atoms with Crippen LogP contribution >= 0.6 is 11.8 Å². The molecule has 2 heterocycles. The highest BCUT2D eigenvalue weighted by Gasteiger charge is 2.64. The zero-order chi connectivity index (χ0) is 23.8. The van der Waals surface area contributed by atoms with Crippen LogP contribution in [0, 0.1) is 5.41 Å². The first-order chi connectivity index (χ1) is 14.8. The molecule has 2 aliphatic heterocycles. The Bertz CT molecular complexity index is 914. The lowest BCUT2D eigenvalue weighted by atomic mass is 9.95. The monoisotopic (exact) mass is 463 g/mol. The number of amides is 2. The summed E-state index contributed by atoms with van der Waals surface area (Å²) in [5.74, 6) is -2.00. The average molecular weight is 464 g/mol. The van der Waals surface area contributed by atoms with E-state index in [-0.39, 0.29) is 5.91 Å². The Balaban J connectivity index is 1.61. The molecule has 2 aliphatic rings. The summed E-state index contributed by atoms with van der Waals surface area (Å²) in [6.45, 7) is 8.20. The minimum atomic E-state index is -0.907. The molecule has 0 unspecified atom stereocenters. The maximum Gasteiger partial charge on any atom is 0.333 e. The number of hydrogen-bond acceptors (Lipinski definition) is 8. The normalized spacial score (nSPS) is 24.8. The van der Waals surface area contributed by atoms with Gasteiger partial charge >= 0.3 is 11.9 Å². The Labute approximate surface area is 191 Å². The third-order valence-corrected chi connectivity index (χ3v) is 6.98. The molecule has 1 aromatic rings. The molecule has 0 aliphatic carbocycles. The van der Waals surface area contributed by atoms with E-state index < -0.39 is 58.3 Å². The van der Waals surface area contributed by atoms with Gasteiger partial charge in [-0.1, -0.05) is 30.3 Å². The molecule has 3 rings (SSSR count). The summed E-state index contributed by atoms with van der Waals surface area (Å²) >= 11 is 1.40. The second-order valence-corrected chi connectivity index (χ2v) is 11.2. The third kappa shape index (κ3) is 4.61. The molecule has 0 radical (unpaired) electrons. The molecule has 10 heteroatoms. The molecule has 32 heavy (non-hydrogen) atoms. The molecule has 0 saturated carbocycles. The van der Waals surface area contributed by atoms with E-state index >= 15 is 0 Å². The van der Waals surface area contributed by atoms with Crippen molar-refractivity contribution in [2.45, 2.75) is 62.9 Å². The van der Waals surface area contributed by atoms with Gasteiger partial charge in [-0.15, -0.1) is 11.8 Å².